The predicted molar refractivity (Wildman–Crippen MR) is 71.2 cm³/mol. The number of anilines is 1. The van der Waals surface area contributed by atoms with Crippen LogP contribution in [0.4, 0.5) is 14.5 Å². The molecule has 2 aromatic rings. The van der Waals surface area contributed by atoms with E-state index in [0.29, 0.717) is 5.02 Å². The fourth-order valence-electron chi connectivity index (χ4n) is 1.55. The molecule has 0 spiro atoms. The predicted octanol–water partition coefficient (Wildman–Crippen LogP) is 5.17. The van der Waals surface area contributed by atoms with Crippen LogP contribution in [0.1, 0.15) is 0 Å². The fraction of sp³-hybridized carbons (Fsp3) is 0. The van der Waals surface area contributed by atoms with Gasteiger partial charge in [0, 0.05) is 22.2 Å². The lowest BCUT2D eigenvalue weighted by Gasteiger charge is -2.10. The van der Waals surface area contributed by atoms with Crippen molar-refractivity contribution in [1.29, 1.82) is 0 Å². The second kappa shape index (κ2) is 4.92. The molecule has 94 valence electrons. The minimum absolute atomic E-state index is 0.0617. The van der Waals surface area contributed by atoms with Gasteiger partial charge in [-0.15, -0.1) is 0 Å². The van der Waals surface area contributed by atoms with Crippen LogP contribution < -0.4 is 5.73 Å². The Hall–Kier alpha value is -1.03. The third-order valence-corrected chi connectivity index (χ3v) is 3.18. The van der Waals surface area contributed by atoms with Gasteiger partial charge in [-0.2, -0.15) is 0 Å². The van der Waals surface area contributed by atoms with Crippen LogP contribution in [0.25, 0.3) is 11.1 Å². The van der Waals surface area contributed by atoms with Gasteiger partial charge in [-0.3, -0.25) is 0 Å². The van der Waals surface area contributed by atoms with Crippen LogP contribution in [0.15, 0.2) is 24.3 Å². The van der Waals surface area contributed by atoms with E-state index in [0.717, 1.165) is 12.1 Å². The van der Waals surface area contributed by atoms with Gasteiger partial charge < -0.3 is 5.73 Å². The van der Waals surface area contributed by atoms with Gasteiger partial charge in [0.25, 0.3) is 0 Å². The summed E-state index contributed by atoms with van der Waals surface area (Å²) in [5.74, 6) is -1.45. The molecule has 18 heavy (non-hydrogen) atoms. The molecule has 0 radical (unpaired) electrons. The molecule has 0 saturated heterocycles. The van der Waals surface area contributed by atoms with Crippen LogP contribution in [0, 0.1) is 11.6 Å². The van der Waals surface area contributed by atoms with E-state index in [4.69, 9.17) is 40.5 Å². The molecule has 0 atom stereocenters. The first-order chi connectivity index (χ1) is 8.40. The average molecular weight is 309 g/mol. The van der Waals surface area contributed by atoms with Gasteiger partial charge in [0.1, 0.15) is 11.6 Å². The molecule has 0 fully saturated rings. The zero-order valence-corrected chi connectivity index (χ0v) is 11.0. The molecule has 2 N–H and O–H groups in total. The van der Waals surface area contributed by atoms with E-state index in [1.54, 1.807) is 0 Å². The smallest absolute Gasteiger partial charge is 0.146 e. The van der Waals surface area contributed by atoms with Crippen molar-refractivity contribution < 1.29 is 8.78 Å². The molecule has 2 aromatic carbocycles. The van der Waals surface area contributed by atoms with Crippen molar-refractivity contribution in [2.75, 3.05) is 5.73 Å². The molecular formula is C12H6Cl3F2N. The lowest BCUT2D eigenvalue weighted by Crippen LogP contribution is -1.95. The Morgan fingerprint density at radius 2 is 1.39 bits per heavy atom. The Balaban J connectivity index is 2.73. The molecule has 0 unspecified atom stereocenters. The summed E-state index contributed by atoms with van der Waals surface area (Å²) < 4.78 is 27.2. The van der Waals surface area contributed by atoms with Crippen LogP contribution in [-0.2, 0) is 0 Å². The fourth-order valence-corrected chi connectivity index (χ4v) is 2.57. The monoisotopic (exact) mass is 307 g/mol. The first-order valence-corrected chi connectivity index (χ1v) is 5.93. The van der Waals surface area contributed by atoms with E-state index >= 15 is 0 Å². The van der Waals surface area contributed by atoms with Gasteiger partial charge in [0.15, 0.2) is 0 Å². The number of benzene rings is 2. The lowest BCUT2D eigenvalue weighted by atomic mass is 10.0. The molecular weight excluding hydrogens is 302 g/mol. The third-order valence-electron chi connectivity index (χ3n) is 2.36. The van der Waals surface area contributed by atoms with Crippen LogP contribution in [0.3, 0.4) is 0 Å². The Bertz CT molecular complexity index is 606. The maximum absolute atomic E-state index is 13.8. The van der Waals surface area contributed by atoms with Crippen LogP contribution in [0.5, 0.6) is 0 Å². The van der Waals surface area contributed by atoms with Crippen LogP contribution in [0.2, 0.25) is 15.1 Å². The first kappa shape index (κ1) is 13.4. The Morgan fingerprint density at radius 3 is 1.94 bits per heavy atom. The number of nitrogen functional groups attached to an aromatic ring is 1. The van der Waals surface area contributed by atoms with E-state index < -0.39 is 11.6 Å². The molecule has 1 nitrogen and oxygen atoms in total. The highest BCUT2D eigenvalue weighted by Crippen LogP contribution is 2.39. The highest BCUT2D eigenvalue weighted by Gasteiger charge is 2.16. The number of hydrogen-bond donors (Lipinski definition) is 1. The molecule has 0 amide bonds. The van der Waals surface area contributed by atoms with Crippen molar-refractivity contribution in [2.24, 2.45) is 0 Å². The number of rotatable bonds is 1. The van der Waals surface area contributed by atoms with Gasteiger partial charge in [-0.25, -0.2) is 8.78 Å². The molecule has 0 heterocycles. The van der Waals surface area contributed by atoms with Gasteiger partial charge in [-0.05, 0) is 18.2 Å². The number of nitrogens with two attached hydrogens (primary N) is 1. The van der Waals surface area contributed by atoms with Crippen LogP contribution >= 0.6 is 34.8 Å². The molecule has 6 heteroatoms. The standard InChI is InChI=1S/C12H6Cl3F2N/c13-5-1-7(14)12(8(15)2-5)6-3-10(17)11(18)4-9(6)16/h1-4H,18H2. The van der Waals surface area contributed by atoms with Crippen molar-refractivity contribution in [3.05, 3.63) is 51.0 Å². The van der Waals surface area contributed by atoms with E-state index in [1.807, 2.05) is 0 Å². The Labute approximate surface area is 117 Å². The summed E-state index contributed by atoms with van der Waals surface area (Å²) in [7, 11) is 0. The van der Waals surface area contributed by atoms with Gasteiger partial charge >= 0.3 is 0 Å². The van der Waals surface area contributed by atoms with Crippen molar-refractivity contribution in [3.8, 4) is 11.1 Å². The molecule has 0 saturated carbocycles. The van der Waals surface area contributed by atoms with Crippen LogP contribution in [-0.4, -0.2) is 0 Å². The van der Waals surface area contributed by atoms with Crippen molar-refractivity contribution >= 4 is 40.5 Å². The first-order valence-electron chi connectivity index (χ1n) is 4.79. The normalized spacial score (nSPS) is 10.7. The summed E-state index contributed by atoms with van der Waals surface area (Å²) in [5, 5.41) is 0.580. The largest absolute Gasteiger partial charge is 0.396 e. The topological polar surface area (TPSA) is 26.0 Å². The minimum Gasteiger partial charge on any atom is -0.396 e. The zero-order valence-electron chi connectivity index (χ0n) is 8.78. The van der Waals surface area contributed by atoms with E-state index in [9.17, 15) is 8.78 Å². The maximum atomic E-state index is 13.8. The summed E-state index contributed by atoms with van der Waals surface area (Å²) >= 11 is 17.6. The second-order valence-electron chi connectivity index (χ2n) is 3.60. The quantitative estimate of drug-likeness (QED) is 0.722. The van der Waals surface area contributed by atoms with Gasteiger partial charge in [-0.1, -0.05) is 34.8 Å². The molecule has 2 rings (SSSR count). The second-order valence-corrected chi connectivity index (χ2v) is 4.85. The molecule has 0 aliphatic carbocycles. The lowest BCUT2D eigenvalue weighted by molar-refractivity contribution is 0.607. The molecule has 0 aromatic heterocycles. The zero-order chi connectivity index (χ0) is 13.4. The number of hydrogen-bond acceptors (Lipinski definition) is 1. The number of halogens is 5. The minimum atomic E-state index is -0.742. The highest BCUT2D eigenvalue weighted by atomic mass is 35.5. The maximum Gasteiger partial charge on any atom is 0.146 e. The van der Waals surface area contributed by atoms with Gasteiger partial charge in [0.2, 0.25) is 0 Å². The molecule has 0 aliphatic rings. The summed E-state index contributed by atoms with van der Waals surface area (Å²) in [5.41, 5.74) is 5.10. The Kier molecular flexibility index (Phi) is 3.66. The molecule has 0 bridgehead atoms. The molecule has 0 aliphatic heterocycles. The SMILES string of the molecule is Nc1cc(F)c(-c2c(Cl)cc(Cl)cc2Cl)cc1F. The van der Waals surface area contributed by atoms with Crippen molar-refractivity contribution in [2.45, 2.75) is 0 Å². The highest BCUT2D eigenvalue weighted by molar-refractivity contribution is 6.41. The van der Waals surface area contributed by atoms with E-state index in [2.05, 4.69) is 0 Å². The Morgan fingerprint density at radius 1 is 0.833 bits per heavy atom. The van der Waals surface area contributed by atoms with Gasteiger partial charge in [0.05, 0.1) is 15.7 Å². The summed E-state index contributed by atoms with van der Waals surface area (Å²) in [4.78, 5) is 0. The third kappa shape index (κ3) is 2.39. The van der Waals surface area contributed by atoms with Crippen molar-refractivity contribution in [1.82, 2.24) is 0 Å². The summed E-state index contributed by atoms with van der Waals surface area (Å²) in [6, 6.07) is 4.63. The summed E-state index contributed by atoms with van der Waals surface area (Å²) in [6.07, 6.45) is 0. The summed E-state index contributed by atoms with van der Waals surface area (Å²) in [6.45, 7) is 0. The average Bonchev–Trinajstić information content (AvgIpc) is 2.24. The van der Waals surface area contributed by atoms with E-state index in [1.165, 1.54) is 12.1 Å². The van der Waals surface area contributed by atoms with Crippen molar-refractivity contribution in [3.63, 3.8) is 0 Å². The van der Waals surface area contributed by atoms with E-state index in [-0.39, 0.29) is 26.9 Å².